The zero-order valence-corrected chi connectivity index (χ0v) is 19.2. The smallest absolute Gasteiger partial charge is 0.136 e. The third kappa shape index (κ3) is 4.25. The van der Waals surface area contributed by atoms with E-state index in [0.29, 0.717) is 0 Å². The van der Waals surface area contributed by atoms with Crippen LogP contribution in [0.4, 0.5) is 11.6 Å². The monoisotopic (exact) mass is 437 g/mol. The maximum atomic E-state index is 5.07. The van der Waals surface area contributed by atoms with Gasteiger partial charge in [0.1, 0.15) is 11.6 Å². The van der Waals surface area contributed by atoms with E-state index >= 15 is 0 Å². The van der Waals surface area contributed by atoms with Gasteiger partial charge in [-0.25, -0.2) is 9.97 Å². The van der Waals surface area contributed by atoms with Crippen LogP contribution in [0.25, 0.3) is 21.7 Å². The van der Waals surface area contributed by atoms with Gasteiger partial charge in [-0.2, -0.15) is 0 Å². The molecular formula is C28H31N5. The second kappa shape index (κ2) is 8.99. The van der Waals surface area contributed by atoms with Crippen LogP contribution < -0.4 is 9.80 Å². The molecule has 0 saturated carbocycles. The Labute approximate surface area is 195 Å². The van der Waals surface area contributed by atoms with Gasteiger partial charge in [0, 0.05) is 49.7 Å². The SMILES string of the molecule is c1ccc2c(N3CCN(c4ccc5ccc(CCN6CCCC6)cc5n4)CC3)nccc2c1. The lowest BCUT2D eigenvalue weighted by Crippen LogP contribution is -2.47. The molecule has 0 N–H and O–H groups in total. The summed E-state index contributed by atoms with van der Waals surface area (Å²) in [6.07, 6.45) is 5.74. The third-order valence-corrected chi connectivity index (χ3v) is 7.21. The van der Waals surface area contributed by atoms with Gasteiger partial charge in [-0.05, 0) is 67.6 Å². The molecule has 0 spiro atoms. The molecule has 0 amide bonds. The number of likely N-dealkylation sites (tertiary alicyclic amines) is 1. The Morgan fingerprint density at radius 2 is 1.52 bits per heavy atom. The molecule has 5 heteroatoms. The number of piperazine rings is 1. The minimum absolute atomic E-state index is 0.955. The highest BCUT2D eigenvalue weighted by atomic mass is 15.3. The van der Waals surface area contributed by atoms with Gasteiger partial charge < -0.3 is 14.7 Å². The second-order valence-corrected chi connectivity index (χ2v) is 9.33. The van der Waals surface area contributed by atoms with Crippen molar-refractivity contribution in [1.82, 2.24) is 14.9 Å². The number of hydrogen-bond acceptors (Lipinski definition) is 5. The van der Waals surface area contributed by atoms with Crippen LogP contribution >= 0.6 is 0 Å². The van der Waals surface area contributed by atoms with E-state index in [4.69, 9.17) is 9.97 Å². The molecule has 168 valence electrons. The topological polar surface area (TPSA) is 35.5 Å². The first-order chi connectivity index (χ1) is 16.3. The lowest BCUT2D eigenvalue weighted by atomic mass is 10.1. The molecule has 2 fully saturated rings. The van der Waals surface area contributed by atoms with Gasteiger partial charge in [-0.15, -0.1) is 0 Å². The Morgan fingerprint density at radius 3 is 2.39 bits per heavy atom. The fraction of sp³-hybridized carbons (Fsp3) is 0.357. The quantitative estimate of drug-likeness (QED) is 0.450. The highest BCUT2D eigenvalue weighted by Crippen LogP contribution is 2.26. The van der Waals surface area contributed by atoms with Crippen LogP contribution in [0.1, 0.15) is 18.4 Å². The normalized spacial score (nSPS) is 17.3. The van der Waals surface area contributed by atoms with Crippen LogP contribution in [0.5, 0.6) is 0 Å². The van der Waals surface area contributed by atoms with E-state index in [1.807, 2.05) is 6.20 Å². The summed E-state index contributed by atoms with van der Waals surface area (Å²) in [7, 11) is 0. The summed E-state index contributed by atoms with van der Waals surface area (Å²) in [6, 6.07) is 21.8. The molecule has 0 radical (unpaired) electrons. The van der Waals surface area contributed by atoms with Crippen LogP contribution in [-0.2, 0) is 6.42 Å². The van der Waals surface area contributed by atoms with Crippen molar-refractivity contribution in [2.45, 2.75) is 19.3 Å². The van der Waals surface area contributed by atoms with Gasteiger partial charge in [-0.1, -0.05) is 36.4 Å². The highest BCUT2D eigenvalue weighted by molar-refractivity contribution is 5.92. The van der Waals surface area contributed by atoms with Gasteiger partial charge in [0.2, 0.25) is 0 Å². The average molecular weight is 438 g/mol. The minimum atomic E-state index is 0.955. The first-order valence-corrected chi connectivity index (χ1v) is 12.3. The molecule has 2 aliphatic rings. The first kappa shape index (κ1) is 20.4. The molecule has 0 bridgehead atoms. The number of aromatic nitrogens is 2. The van der Waals surface area contributed by atoms with Crippen molar-refractivity contribution in [2.75, 3.05) is 55.6 Å². The van der Waals surface area contributed by atoms with Crippen LogP contribution in [0, 0.1) is 0 Å². The Bertz CT molecular complexity index is 1250. The number of pyridine rings is 2. The fourth-order valence-corrected chi connectivity index (χ4v) is 5.28. The molecule has 0 aliphatic carbocycles. The van der Waals surface area contributed by atoms with Crippen LogP contribution in [-0.4, -0.2) is 60.7 Å². The summed E-state index contributed by atoms with van der Waals surface area (Å²) in [5.74, 6) is 2.19. The summed E-state index contributed by atoms with van der Waals surface area (Å²) in [5, 5.41) is 3.71. The van der Waals surface area contributed by atoms with Gasteiger partial charge in [0.25, 0.3) is 0 Å². The van der Waals surface area contributed by atoms with Crippen molar-refractivity contribution in [3.05, 3.63) is 72.4 Å². The molecule has 33 heavy (non-hydrogen) atoms. The zero-order chi connectivity index (χ0) is 22.0. The Balaban J connectivity index is 1.16. The van der Waals surface area contributed by atoms with Crippen molar-refractivity contribution < 1.29 is 0 Å². The van der Waals surface area contributed by atoms with Gasteiger partial charge in [0.15, 0.2) is 0 Å². The lowest BCUT2D eigenvalue weighted by molar-refractivity contribution is 0.343. The van der Waals surface area contributed by atoms with Crippen molar-refractivity contribution in [3.8, 4) is 0 Å². The van der Waals surface area contributed by atoms with Crippen molar-refractivity contribution in [1.29, 1.82) is 0 Å². The summed E-state index contributed by atoms with van der Waals surface area (Å²) in [5.41, 5.74) is 2.51. The van der Waals surface area contributed by atoms with E-state index in [-0.39, 0.29) is 0 Å². The van der Waals surface area contributed by atoms with Crippen molar-refractivity contribution in [3.63, 3.8) is 0 Å². The van der Waals surface area contributed by atoms with Crippen molar-refractivity contribution in [2.24, 2.45) is 0 Å². The number of hydrogen-bond donors (Lipinski definition) is 0. The fourth-order valence-electron chi connectivity index (χ4n) is 5.28. The van der Waals surface area contributed by atoms with E-state index in [1.54, 1.807) is 0 Å². The van der Waals surface area contributed by atoms with Crippen LogP contribution in [0.3, 0.4) is 0 Å². The Hall–Kier alpha value is -3.18. The van der Waals surface area contributed by atoms with E-state index in [1.165, 1.54) is 47.7 Å². The summed E-state index contributed by atoms with van der Waals surface area (Å²) < 4.78 is 0. The summed E-state index contributed by atoms with van der Waals surface area (Å²) >= 11 is 0. The number of anilines is 2. The lowest BCUT2D eigenvalue weighted by Gasteiger charge is -2.36. The molecule has 2 aliphatic heterocycles. The maximum absolute atomic E-state index is 5.07. The van der Waals surface area contributed by atoms with E-state index in [0.717, 1.165) is 56.3 Å². The molecule has 0 atom stereocenters. The van der Waals surface area contributed by atoms with Gasteiger partial charge >= 0.3 is 0 Å². The number of rotatable bonds is 5. The summed E-state index contributed by atoms with van der Waals surface area (Å²) in [6.45, 7) is 7.51. The standard InChI is InChI=1S/C28H31N5/c1-2-6-25-23(5-1)11-13-29-28(25)33-19-17-32(18-20-33)27-10-9-24-8-7-22(21-26(24)30-27)12-16-31-14-3-4-15-31/h1-2,5-11,13,21H,3-4,12,14-20H2. The van der Waals surface area contributed by atoms with E-state index in [9.17, 15) is 0 Å². The molecule has 2 aromatic heterocycles. The van der Waals surface area contributed by atoms with Gasteiger partial charge in [-0.3, -0.25) is 0 Å². The number of fused-ring (bicyclic) bond motifs is 2. The zero-order valence-electron chi connectivity index (χ0n) is 19.2. The van der Waals surface area contributed by atoms with E-state index < -0.39 is 0 Å². The van der Waals surface area contributed by atoms with E-state index in [2.05, 4.69) is 75.4 Å². The largest absolute Gasteiger partial charge is 0.353 e. The minimum Gasteiger partial charge on any atom is -0.353 e. The third-order valence-electron chi connectivity index (χ3n) is 7.21. The number of nitrogens with zero attached hydrogens (tertiary/aromatic N) is 5. The van der Waals surface area contributed by atoms with Crippen molar-refractivity contribution >= 4 is 33.3 Å². The molecule has 5 nitrogen and oxygen atoms in total. The molecule has 6 rings (SSSR count). The molecular weight excluding hydrogens is 406 g/mol. The van der Waals surface area contributed by atoms with Crippen LogP contribution in [0.15, 0.2) is 66.9 Å². The maximum Gasteiger partial charge on any atom is 0.136 e. The number of benzene rings is 2. The average Bonchev–Trinajstić information content (AvgIpc) is 3.41. The predicted octanol–water partition coefficient (Wildman–Crippen LogP) is 4.75. The Morgan fingerprint density at radius 1 is 0.727 bits per heavy atom. The predicted molar refractivity (Wildman–Crippen MR) is 137 cm³/mol. The molecule has 0 unspecified atom stereocenters. The molecule has 2 aromatic carbocycles. The second-order valence-electron chi connectivity index (χ2n) is 9.33. The first-order valence-electron chi connectivity index (χ1n) is 12.3. The summed E-state index contributed by atoms with van der Waals surface area (Å²) in [4.78, 5) is 17.2. The molecule has 4 aromatic rings. The van der Waals surface area contributed by atoms with Gasteiger partial charge in [0.05, 0.1) is 5.52 Å². The molecule has 2 saturated heterocycles. The highest BCUT2D eigenvalue weighted by Gasteiger charge is 2.21. The van der Waals surface area contributed by atoms with Crippen LogP contribution in [0.2, 0.25) is 0 Å². The Kier molecular flexibility index (Phi) is 5.56. The molecule has 4 heterocycles.